The van der Waals surface area contributed by atoms with Crippen molar-refractivity contribution in [3.8, 4) is 0 Å². The average Bonchev–Trinajstić information content (AvgIpc) is 2.81. The molecule has 2 atom stereocenters. The Labute approximate surface area is 112 Å². The standard InChI is InChI=1S/C13H20N2O2S/c1-9(7-15-6-4-3-5-10(15)2)12-14-11(8-18-12)13(16)17/h8-10H,3-7H2,1-2H3,(H,16,17). The molecule has 0 bridgehead atoms. The van der Waals surface area contributed by atoms with Gasteiger partial charge in [0, 0.05) is 23.9 Å². The Balaban J connectivity index is 1.97. The SMILES string of the molecule is CC(CN1CCCCC1C)c1nc(C(=O)O)cs1. The highest BCUT2D eigenvalue weighted by atomic mass is 32.1. The van der Waals surface area contributed by atoms with E-state index in [9.17, 15) is 4.79 Å². The van der Waals surface area contributed by atoms with E-state index in [1.807, 2.05) is 0 Å². The Morgan fingerprint density at radius 1 is 1.67 bits per heavy atom. The zero-order valence-corrected chi connectivity index (χ0v) is 11.7. The number of hydrogen-bond acceptors (Lipinski definition) is 4. The maximum absolute atomic E-state index is 10.8. The number of carboxylic acids is 1. The molecule has 0 saturated carbocycles. The van der Waals surface area contributed by atoms with Crippen molar-refractivity contribution >= 4 is 17.3 Å². The molecule has 0 spiro atoms. The summed E-state index contributed by atoms with van der Waals surface area (Å²) in [6.07, 6.45) is 3.87. The predicted octanol–water partition coefficient (Wildman–Crippen LogP) is 2.82. The second kappa shape index (κ2) is 5.80. The molecule has 18 heavy (non-hydrogen) atoms. The van der Waals surface area contributed by atoms with Gasteiger partial charge in [-0.1, -0.05) is 13.3 Å². The van der Waals surface area contributed by atoms with Gasteiger partial charge < -0.3 is 5.11 Å². The number of thiazole rings is 1. The third kappa shape index (κ3) is 3.09. The van der Waals surface area contributed by atoms with Crippen LogP contribution in [0.5, 0.6) is 0 Å². The van der Waals surface area contributed by atoms with E-state index in [4.69, 9.17) is 5.11 Å². The monoisotopic (exact) mass is 268 g/mol. The van der Waals surface area contributed by atoms with Crippen LogP contribution in [-0.2, 0) is 0 Å². The van der Waals surface area contributed by atoms with E-state index >= 15 is 0 Å². The molecule has 1 aromatic heterocycles. The van der Waals surface area contributed by atoms with Gasteiger partial charge in [-0.25, -0.2) is 9.78 Å². The van der Waals surface area contributed by atoms with Crippen molar-refractivity contribution in [2.45, 2.75) is 45.1 Å². The molecule has 0 aliphatic carbocycles. The van der Waals surface area contributed by atoms with Gasteiger partial charge in [0.1, 0.15) is 0 Å². The summed E-state index contributed by atoms with van der Waals surface area (Å²) in [6.45, 7) is 6.54. The van der Waals surface area contributed by atoms with Crippen molar-refractivity contribution < 1.29 is 9.90 Å². The number of aromatic nitrogens is 1. The van der Waals surface area contributed by atoms with Gasteiger partial charge in [-0.05, 0) is 26.3 Å². The molecule has 0 aromatic carbocycles. The first-order valence-electron chi connectivity index (χ1n) is 6.50. The van der Waals surface area contributed by atoms with Crippen molar-refractivity contribution in [2.75, 3.05) is 13.1 Å². The minimum Gasteiger partial charge on any atom is -0.476 e. The van der Waals surface area contributed by atoms with Crippen LogP contribution in [0.3, 0.4) is 0 Å². The van der Waals surface area contributed by atoms with Crippen LogP contribution >= 0.6 is 11.3 Å². The molecule has 2 rings (SSSR count). The van der Waals surface area contributed by atoms with Crippen LogP contribution in [0, 0.1) is 0 Å². The minimum absolute atomic E-state index is 0.175. The van der Waals surface area contributed by atoms with Gasteiger partial charge in [-0.15, -0.1) is 11.3 Å². The Kier molecular flexibility index (Phi) is 4.35. The smallest absolute Gasteiger partial charge is 0.355 e. The van der Waals surface area contributed by atoms with Gasteiger partial charge in [0.2, 0.25) is 0 Å². The summed E-state index contributed by atoms with van der Waals surface area (Å²) in [5.74, 6) is -0.625. The number of carboxylic acid groups (broad SMARTS) is 1. The van der Waals surface area contributed by atoms with E-state index in [-0.39, 0.29) is 5.69 Å². The summed E-state index contributed by atoms with van der Waals surface area (Å²) in [6, 6.07) is 0.639. The number of carbonyl (C=O) groups is 1. The first-order chi connectivity index (χ1) is 8.58. The third-order valence-electron chi connectivity index (χ3n) is 3.61. The van der Waals surface area contributed by atoms with Gasteiger partial charge in [0.15, 0.2) is 5.69 Å². The van der Waals surface area contributed by atoms with Crippen molar-refractivity contribution in [3.05, 3.63) is 16.1 Å². The summed E-state index contributed by atoms with van der Waals surface area (Å²) >= 11 is 1.46. The molecule has 0 radical (unpaired) electrons. The number of piperidine rings is 1. The van der Waals surface area contributed by atoms with Crippen LogP contribution in [0.2, 0.25) is 0 Å². The minimum atomic E-state index is -0.934. The molecular weight excluding hydrogens is 248 g/mol. The third-order valence-corrected chi connectivity index (χ3v) is 4.69. The van der Waals surface area contributed by atoms with Crippen LogP contribution in [0.4, 0.5) is 0 Å². The molecule has 0 amide bonds. The first-order valence-corrected chi connectivity index (χ1v) is 7.38. The summed E-state index contributed by atoms with van der Waals surface area (Å²) in [5, 5.41) is 11.4. The number of rotatable bonds is 4. The van der Waals surface area contributed by atoms with E-state index in [2.05, 4.69) is 23.7 Å². The summed E-state index contributed by atoms with van der Waals surface area (Å²) in [7, 11) is 0. The summed E-state index contributed by atoms with van der Waals surface area (Å²) < 4.78 is 0. The average molecular weight is 268 g/mol. The molecule has 1 aromatic rings. The van der Waals surface area contributed by atoms with Crippen LogP contribution in [0.1, 0.15) is 54.5 Å². The fourth-order valence-corrected chi connectivity index (χ4v) is 3.31. The van der Waals surface area contributed by atoms with Crippen LogP contribution in [0.25, 0.3) is 0 Å². The highest BCUT2D eigenvalue weighted by Gasteiger charge is 2.22. The fourth-order valence-electron chi connectivity index (χ4n) is 2.47. The predicted molar refractivity (Wildman–Crippen MR) is 72.4 cm³/mol. The van der Waals surface area contributed by atoms with Gasteiger partial charge in [0.05, 0.1) is 5.01 Å². The van der Waals surface area contributed by atoms with E-state index in [0.29, 0.717) is 12.0 Å². The fraction of sp³-hybridized carbons (Fsp3) is 0.692. The molecule has 1 aliphatic rings. The molecular formula is C13H20N2O2S. The zero-order valence-electron chi connectivity index (χ0n) is 10.9. The Bertz CT molecular complexity index is 419. The van der Waals surface area contributed by atoms with E-state index in [0.717, 1.165) is 18.1 Å². The molecule has 5 heteroatoms. The second-order valence-electron chi connectivity index (χ2n) is 5.12. The normalized spacial score (nSPS) is 22.9. The van der Waals surface area contributed by atoms with Crippen molar-refractivity contribution in [3.63, 3.8) is 0 Å². The summed E-state index contributed by atoms with van der Waals surface area (Å²) in [4.78, 5) is 17.5. The number of nitrogens with zero attached hydrogens (tertiary/aromatic N) is 2. The van der Waals surface area contributed by atoms with Crippen molar-refractivity contribution in [1.82, 2.24) is 9.88 Å². The highest BCUT2D eigenvalue weighted by molar-refractivity contribution is 7.09. The Morgan fingerprint density at radius 3 is 3.06 bits per heavy atom. The lowest BCUT2D eigenvalue weighted by molar-refractivity contribution is 0.0691. The largest absolute Gasteiger partial charge is 0.476 e. The maximum Gasteiger partial charge on any atom is 0.355 e. The summed E-state index contributed by atoms with van der Waals surface area (Å²) in [5.41, 5.74) is 0.175. The maximum atomic E-state index is 10.8. The van der Waals surface area contributed by atoms with Gasteiger partial charge in [0.25, 0.3) is 0 Å². The molecule has 4 nitrogen and oxygen atoms in total. The van der Waals surface area contributed by atoms with Crippen molar-refractivity contribution in [2.24, 2.45) is 0 Å². The topological polar surface area (TPSA) is 53.4 Å². The number of aromatic carboxylic acids is 1. The Hall–Kier alpha value is -0.940. The molecule has 1 aliphatic heterocycles. The quantitative estimate of drug-likeness (QED) is 0.912. The first kappa shape index (κ1) is 13.5. The van der Waals surface area contributed by atoms with Crippen molar-refractivity contribution in [1.29, 1.82) is 0 Å². The van der Waals surface area contributed by atoms with E-state index in [1.54, 1.807) is 5.38 Å². The van der Waals surface area contributed by atoms with Gasteiger partial charge >= 0.3 is 5.97 Å². The van der Waals surface area contributed by atoms with E-state index in [1.165, 1.54) is 30.6 Å². The van der Waals surface area contributed by atoms with Gasteiger partial charge in [-0.3, -0.25) is 4.90 Å². The lowest BCUT2D eigenvalue weighted by Gasteiger charge is -2.34. The molecule has 2 heterocycles. The highest BCUT2D eigenvalue weighted by Crippen LogP contribution is 2.24. The molecule has 1 saturated heterocycles. The lowest BCUT2D eigenvalue weighted by atomic mass is 10.0. The molecule has 2 unspecified atom stereocenters. The second-order valence-corrected chi connectivity index (χ2v) is 6.01. The molecule has 1 fully saturated rings. The van der Waals surface area contributed by atoms with Gasteiger partial charge in [-0.2, -0.15) is 0 Å². The van der Waals surface area contributed by atoms with Crippen LogP contribution in [0.15, 0.2) is 5.38 Å². The number of likely N-dealkylation sites (tertiary alicyclic amines) is 1. The van der Waals surface area contributed by atoms with Crippen LogP contribution in [-0.4, -0.2) is 40.1 Å². The zero-order chi connectivity index (χ0) is 13.1. The van der Waals surface area contributed by atoms with E-state index < -0.39 is 5.97 Å². The molecule has 1 N–H and O–H groups in total. The number of hydrogen-bond donors (Lipinski definition) is 1. The Morgan fingerprint density at radius 2 is 2.44 bits per heavy atom. The molecule has 100 valence electrons. The lowest BCUT2D eigenvalue weighted by Crippen LogP contribution is -2.39. The van der Waals surface area contributed by atoms with Crippen LogP contribution < -0.4 is 0 Å².